The van der Waals surface area contributed by atoms with Crippen molar-refractivity contribution in [3.63, 3.8) is 0 Å². The van der Waals surface area contributed by atoms with E-state index in [-0.39, 0.29) is 35.5 Å². The predicted octanol–water partition coefficient (Wildman–Crippen LogP) is 5.79. The lowest BCUT2D eigenvalue weighted by molar-refractivity contribution is -0.617. The Kier molecular flexibility index (Phi) is 9.19. The summed E-state index contributed by atoms with van der Waals surface area (Å²) in [5.41, 5.74) is 3.31. The van der Waals surface area contributed by atoms with Crippen molar-refractivity contribution in [3.8, 4) is 0 Å². The van der Waals surface area contributed by atoms with Crippen LogP contribution in [0.15, 0.2) is 102 Å². The number of aromatic nitrogens is 1. The van der Waals surface area contributed by atoms with E-state index in [1.54, 1.807) is 12.1 Å². The molecule has 4 aromatic carbocycles. The highest BCUT2D eigenvalue weighted by atomic mass is 32.2. The van der Waals surface area contributed by atoms with E-state index in [0.717, 1.165) is 50.7 Å². The van der Waals surface area contributed by atoms with Gasteiger partial charge in [0.25, 0.3) is 21.6 Å². The van der Waals surface area contributed by atoms with Gasteiger partial charge in [0.2, 0.25) is 11.0 Å². The van der Waals surface area contributed by atoms with Gasteiger partial charge in [0.15, 0.2) is 0 Å². The monoisotopic (exact) mass is 626 g/mol. The second-order valence-corrected chi connectivity index (χ2v) is 12.6. The number of carbonyl (C=O) groups excluding carboxylic acids is 1. The van der Waals surface area contributed by atoms with E-state index >= 15 is 0 Å². The molecule has 0 fully saturated rings. The van der Waals surface area contributed by atoms with Crippen LogP contribution in [0.2, 0.25) is 0 Å². The number of non-ortho nitro benzene ring substituents is 1. The SMILES string of the molecule is C[n+]1c2ccccc2c(C(=O)N(CCCCCC(=O)O)S(=O)(=O)c2ccc([N+](=O)[O-])cc2)c2c(Cc3ccccc3)cccc21. The Hall–Kier alpha value is -5.16. The highest BCUT2D eigenvalue weighted by molar-refractivity contribution is 7.89. The highest BCUT2D eigenvalue weighted by Gasteiger charge is 2.34. The molecule has 1 heterocycles. The first-order valence-electron chi connectivity index (χ1n) is 14.5. The molecule has 0 saturated heterocycles. The third kappa shape index (κ3) is 6.53. The Morgan fingerprint density at radius 2 is 1.51 bits per heavy atom. The molecule has 0 aliphatic rings. The molecule has 230 valence electrons. The maximum atomic E-state index is 14.8. The molecule has 0 bridgehead atoms. The van der Waals surface area contributed by atoms with Crippen LogP contribution in [-0.4, -0.2) is 41.2 Å². The lowest BCUT2D eigenvalue weighted by Gasteiger charge is -2.24. The van der Waals surface area contributed by atoms with Gasteiger partial charge in [-0.3, -0.25) is 19.7 Å². The number of nitro groups is 1. The fourth-order valence-corrected chi connectivity index (χ4v) is 7.03. The van der Waals surface area contributed by atoms with E-state index in [1.807, 2.05) is 72.3 Å². The second-order valence-electron chi connectivity index (χ2n) is 10.8. The number of nitro benzene ring substituents is 1. The fraction of sp³-hybridized carbons (Fsp3) is 0.206. The smallest absolute Gasteiger partial charge is 0.303 e. The van der Waals surface area contributed by atoms with Gasteiger partial charge in [0.1, 0.15) is 7.05 Å². The number of hydrogen-bond acceptors (Lipinski definition) is 6. The minimum Gasteiger partial charge on any atom is -0.481 e. The summed E-state index contributed by atoms with van der Waals surface area (Å²) in [7, 11) is -2.57. The average molecular weight is 627 g/mol. The molecular weight excluding hydrogens is 594 g/mol. The first kappa shape index (κ1) is 31.3. The maximum Gasteiger partial charge on any atom is 0.303 e. The summed E-state index contributed by atoms with van der Waals surface area (Å²) in [6.45, 7) is -0.199. The van der Waals surface area contributed by atoms with Crippen molar-refractivity contribution < 1.29 is 32.6 Å². The molecule has 1 N–H and O–H groups in total. The van der Waals surface area contributed by atoms with E-state index in [9.17, 15) is 28.1 Å². The largest absolute Gasteiger partial charge is 0.481 e. The van der Waals surface area contributed by atoms with Crippen LogP contribution in [0.5, 0.6) is 0 Å². The molecule has 0 atom stereocenters. The number of pyridine rings is 1. The summed E-state index contributed by atoms with van der Waals surface area (Å²) in [5, 5.41) is 21.5. The molecule has 10 nitrogen and oxygen atoms in total. The van der Waals surface area contributed by atoms with Crippen LogP contribution < -0.4 is 4.57 Å². The minimum absolute atomic E-state index is 0.0731. The Labute approximate surface area is 260 Å². The molecule has 0 aliphatic carbocycles. The van der Waals surface area contributed by atoms with Crippen LogP contribution in [0.4, 0.5) is 5.69 Å². The molecule has 0 saturated carbocycles. The number of nitrogens with zero attached hydrogens (tertiary/aromatic N) is 3. The number of para-hydroxylation sites is 1. The van der Waals surface area contributed by atoms with Gasteiger partial charge in [-0.1, -0.05) is 61.0 Å². The topological polar surface area (TPSA) is 139 Å². The quantitative estimate of drug-likeness (QED) is 0.0608. The van der Waals surface area contributed by atoms with Gasteiger partial charge in [-0.15, -0.1) is 0 Å². The van der Waals surface area contributed by atoms with Crippen molar-refractivity contribution in [2.75, 3.05) is 6.54 Å². The van der Waals surface area contributed by atoms with Crippen LogP contribution in [0.1, 0.15) is 47.2 Å². The number of hydrogen-bond donors (Lipinski definition) is 1. The van der Waals surface area contributed by atoms with Crippen LogP contribution >= 0.6 is 0 Å². The minimum atomic E-state index is -4.48. The molecule has 1 aromatic heterocycles. The lowest BCUT2D eigenvalue weighted by atomic mass is 9.94. The Morgan fingerprint density at radius 1 is 0.844 bits per heavy atom. The molecule has 5 aromatic rings. The van der Waals surface area contributed by atoms with Crippen molar-refractivity contribution in [2.45, 2.75) is 37.0 Å². The van der Waals surface area contributed by atoms with Gasteiger partial charge in [-0.05, 0) is 48.6 Å². The molecule has 45 heavy (non-hydrogen) atoms. The zero-order valence-electron chi connectivity index (χ0n) is 24.6. The third-order valence-electron chi connectivity index (χ3n) is 7.84. The van der Waals surface area contributed by atoms with Crippen molar-refractivity contribution in [1.82, 2.24) is 4.31 Å². The summed E-state index contributed by atoms with van der Waals surface area (Å²) < 4.78 is 31.1. The fourth-order valence-electron chi connectivity index (χ4n) is 5.61. The molecule has 0 spiro atoms. The molecule has 0 aliphatic heterocycles. The number of carboxylic acids is 1. The van der Waals surface area contributed by atoms with Crippen LogP contribution in [-0.2, 0) is 28.3 Å². The van der Waals surface area contributed by atoms with E-state index in [2.05, 4.69) is 0 Å². The number of fused-ring (bicyclic) bond motifs is 2. The molecule has 0 radical (unpaired) electrons. The summed E-state index contributed by atoms with van der Waals surface area (Å²) >= 11 is 0. The number of aryl methyl sites for hydroxylation is 1. The molecular formula is C34H32N3O7S+. The van der Waals surface area contributed by atoms with Gasteiger partial charge < -0.3 is 5.11 Å². The first-order chi connectivity index (χ1) is 21.6. The Bertz CT molecular complexity index is 2010. The normalized spacial score (nSPS) is 11.5. The van der Waals surface area contributed by atoms with Crippen LogP contribution in [0.25, 0.3) is 21.8 Å². The van der Waals surface area contributed by atoms with Crippen LogP contribution in [0, 0.1) is 10.1 Å². The van der Waals surface area contributed by atoms with Crippen molar-refractivity contribution >= 4 is 49.4 Å². The molecule has 1 amide bonds. The second kappa shape index (κ2) is 13.2. The Balaban J connectivity index is 1.70. The van der Waals surface area contributed by atoms with Gasteiger partial charge in [0.05, 0.1) is 26.2 Å². The summed E-state index contributed by atoms with van der Waals surface area (Å²) in [6.07, 6.45) is 1.37. The first-order valence-corrected chi connectivity index (χ1v) is 15.9. The van der Waals surface area contributed by atoms with Gasteiger partial charge in [-0.25, -0.2) is 12.7 Å². The predicted molar refractivity (Wildman–Crippen MR) is 169 cm³/mol. The standard InChI is InChI=1S/C34H31N3O7S/c1-35-29-15-8-7-14-28(29)33(32-25(13-10-16-30(32)35)23-24-11-4-2-5-12-24)34(40)36(22-9-3-6-17-31(38)39)45(43,44)27-20-18-26(19-21-27)37(41)42/h2,4-5,7-8,10-16,18-21H,3,6,9,17,22-23H2,1H3/p+1. The zero-order chi connectivity index (χ0) is 32.1. The van der Waals surface area contributed by atoms with E-state index in [1.165, 1.54) is 0 Å². The number of unbranched alkanes of at least 4 members (excludes halogenated alkanes) is 2. The van der Waals surface area contributed by atoms with Crippen LogP contribution in [0.3, 0.4) is 0 Å². The van der Waals surface area contributed by atoms with Crippen molar-refractivity contribution in [3.05, 3.63) is 124 Å². The maximum absolute atomic E-state index is 14.8. The van der Waals surface area contributed by atoms with E-state index in [0.29, 0.717) is 30.0 Å². The number of benzene rings is 4. The lowest BCUT2D eigenvalue weighted by Crippen LogP contribution is -2.39. The number of rotatable bonds is 12. The Morgan fingerprint density at radius 3 is 2.20 bits per heavy atom. The number of sulfonamides is 1. The van der Waals surface area contributed by atoms with Gasteiger partial charge in [-0.2, -0.15) is 4.57 Å². The van der Waals surface area contributed by atoms with Crippen molar-refractivity contribution in [1.29, 1.82) is 0 Å². The number of carbonyl (C=O) groups is 2. The average Bonchev–Trinajstić information content (AvgIpc) is 3.03. The highest BCUT2D eigenvalue weighted by Crippen LogP contribution is 2.32. The summed E-state index contributed by atoms with van der Waals surface area (Å²) in [5.74, 6) is -1.68. The zero-order valence-corrected chi connectivity index (χ0v) is 25.4. The summed E-state index contributed by atoms with van der Waals surface area (Å²) in [4.78, 5) is 36.2. The van der Waals surface area contributed by atoms with Gasteiger partial charge >= 0.3 is 5.97 Å². The van der Waals surface area contributed by atoms with Gasteiger partial charge in [0, 0.05) is 37.2 Å². The van der Waals surface area contributed by atoms with E-state index in [4.69, 9.17) is 5.11 Å². The number of carboxylic acid groups (broad SMARTS) is 1. The molecule has 0 unspecified atom stereocenters. The third-order valence-corrected chi connectivity index (χ3v) is 9.64. The van der Waals surface area contributed by atoms with E-state index < -0.39 is 26.8 Å². The van der Waals surface area contributed by atoms with Crippen molar-refractivity contribution in [2.24, 2.45) is 7.05 Å². The number of amides is 1. The molecule has 11 heteroatoms. The summed E-state index contributed by atoms with van der Waals surface area (Å²) in [6, 6.07) is 27.3. The number of aliphatic carboxylic acids is 1. The molecule has 5 rings (SSSR count).